The summed E-state index contributed by atoms with van der Waals surface area (Å²) in [7, 11) is -3.05. The molecule has 0 unspecified atom stereocenters. The fraction of sp³-hybridized carbons (Fsp3) is 0.625. The monoisotopic (exact) mass is 313 g/mol. The largest absolute Gasteiger partial charge is 0.492 e. The number of nitrogens with one attached hydrogen (secondary N) is 1. The lowest BCUT2D eigenvalue weighted by Crippen LogP contribution is -2.23. The normalized spacial score (nSPS) is 12.1. The Morgan fingerprint density at radius 3 is 2.43 bits per heavy atom. The van der Waals surface area contributed by atoms with Crippen molar-refractivity contribution in [2.75, 3.05) is 18.9 Å². The van der Waals surface area contributed by atoms with Crippen LogP contribution in [0.1, 0.15) is 33.3 Å². The molecule has 0 aliphatic heterocycles. The SMILES string of the molecule is CC(C)CNCc1ccccc1OCCS(=O)(=O)C(C)C. The highest BCUT2D eigenvalue weighted by Crippen LogP contribution is 2.18. The van der Waals surface area contributed by atoms with Crippen molar-refractivity contribution in [1.29, 1.82) is 0 Å². The van der Waals surface area contributed by atoms with Crippen LogP contribution in [0, 0.1) is 5.92 Å². The minimum absolute atomic E-state index is 0.0540. The van der Waals surface area contributed by atoms with Gasteiger partial charge in [-0.1, -0.05) is 32.0 Å². The number of para-hydroxylation sites is 1. The molecule has 1 N–H and O–H groups in total. The number of hydrogen-bond acceptors (Lipinski definition) is 4. The number of sulfone groups is 1. The average molecular weight is 313 g/mol. The second-order valence-corrected chi connectivity index (χ2v) is 8.57. The molecular formula is C16H27NO3S. The molecule has 0 radical (unpaired) electrons. The molecular weight excluding hydrogens is 286 g/mol. The van der Waals surface area contributed by atoms with Crippen LogP contribution in [0.15, 0.2) is 24.3 Å². The van der Waals surface area contributed by atoms with E-state index in [1.54, 1.807) is 13.8 Å². The van der Waals surface area contributed by atoms with Gasteiger partial charge in [-0.15, -0.1) is 0 Å². The predicted molar refractivity (Wildman–Crippen MR) is 87.4 cm³/mol. The Morgan fingerprint density at radius 1 is 1.14 bits per heavy atom. The molecule has 0 aliphatic carbocycles. The third-order valence-electron chi connectivity index (χ3n) is 3.18. The van der Waals surface area contributed by atoms with Crippen molar-refractivity contribution in [2.24, 2.45) is 5.92 Å². The molecule has 1 aromatic rings. The third-order valence-corrected chi connectivity index (χ3v) is 5.36. The van der Waals surface area contributed by atoms with Gasteiger partial charge in [-0.3, -0.25) is 0 Å². The van der Waals surface area contributed by atoms with Crippen molar-refractivity contribution in [3.63, 3.8) is 0 Å². The summed E-state index contributed by atoms with van der Waals surface area (Å²) in [6.07, 6.45) is 0. The summed E-state index contributed by atoms with van der Waals surface area (Å²) in [5, 5.41) is 3.01. The Morgan fingerprint density at radius 2 is 1.81 bits per heavy atom. The number of benzene rings is 1. The smallest absolute Gasteiger partial charge is 0.155 e. The minimum Gasteiger partial charge on any atom is -0.492 e. The fourth-order valence-electron chi connectivity index (χ4n) is 1.79. The summed E-state index contributed by atoms with van der Waals surface area (Å²) >= 11 is 0. The second kappa shape index (κ2) is 8.39. The quantitative estimate of drug-likeness (QED) is 0.761. The van der Waals surface area contributed by atoms with Gasteiger partial charge in [0.05, 0.1) is 11.0 Å². The number of hydrogen-bond donors (Lipinski definition) is 1. The summed E-state index contributed by atoms with van der Waals surface area (Å²) in [5.74, 6) is 1.40. The van der Waals surface area contributed by atoms with Crippen molar-refractivity contribution in [2.45, 2.75) is 39.5 Å². The summed E-state index contributed by atoms with van der Waals surface area (Å²) in [5.41, 5.74) is 1.06. The average Bonchev–Trinajstić information content (AvgIpc) is 2.39. The Kier molecular flexibility index (Phi) is 7.18. The first-order valence-electron chi connectivity index (χ1n) is 7.46. The zero-order chi connectivity index (χ0) is 15.9. The first-order chi connectivity index (χ1) is 9.83. The molecule has 5 heteroatoms. The fourth-order valence-corrected chi connectivity index (χ4v) is 2.58. The molecule has 0 aromatic heterocycles. The van der Waals surface area contributed by atoms with E-state index >= 15 is 0 Å². The summed E-state index contributed by atoms with van der Waals surface area (Å²) in [6.45, 7) is 9.57. The molecule has 21 heavy (non-hydrogen) atoms. The zero-order valence-corrected chi connectivity index (χ0v) is 14.2. The van der Waals surface area contributed by atoms with Crippen LogP contribution in [0.2, 0.25) is 0 Å². The van der Waals surface area contributed by atoms with Gasteiger partial charge < -0.3 is 10.1 Å². The molecule has 1 rings (SSSR count). The maximum Gasteiger partial charge on any atom is 0.155 e. The highest BCUT2D eigenvalue weighted by molar-refractivity contribution is 7.91. The van der Waals surface area contributed by atoms with Crippen LogP contribution in [0.25, 0.3) is 0 Å². The van der Waals surface area contributed by atoms with Gasteiger partial charge in [-0.2, -0.15) is 0 Å². The molecule has 0 amide bonds. The topological polar surface area (TPSA) is 55.4 Å². The molecule has 0 spiro atoms. The molecule has 1 aromatic carbocycles. The van der Waals surface area contributed by atoms with Crippen LogP contribution >= 0.6 is 0 Å². The first kappa shape index (κ1) is 18.0. The lowest BCUT2D eigenvalue weighted by Gasteiger charge is -2.14. The van der Waals surface area contributed by atoms with E-state index in [-0.39, 0.29) is 17.6 Å². The van der Waals surface area contributed by atoms with Crippen molar-refractivity contribution in [1.82, 2.24) is 5.32 Å². The molecule has 4 nitrogen and oxygen atoms in total. The van der Waals surface area contributed by atoms with E-state index in [0.29, 0.717) is 5.92 Å². The molecule has 0 heterocycles. The second-order valence-electron chi connectivity index (χ2n) is 5.90. The van der Waals surface area contributed by atoms with Crippen LogP contribution in [0.3, 0.4) is 0 Å². The Hall–Kier alpha value is -1.07. The van der Waals surface area contributed by atoms with Gasteiger partial charge in [-0.05, 0) is 32.4 Å². The standard InChI is InChI=1S/C16H27NO3S/c1-13(2)11-17-12-15-7-5-6-8-16(15)20-9-10-21(18,19)14(3)4/h5-8,13-14,17H,9-12H2,1-4H3. The first-order valence-corrected chi connectivity index (χ1v) is 9.17. The van der Waals surface area contributed by atoms with Crippen LogP contribution in [-0.2, 0) is 16.4 Å². The number of ether oxygens (including phenoxy) is 1. The van der Waals surface area contributed by atoms with Crippen molar-refractivity contribution >= 4 is 9.84 Å². The molecule has 0 saturated heterocycles. The van der Waals surface area contributed by atoms with Crippen LogP contribution < -0.4 is 10.1 Å². The number of rotatable bonds is 9. The molecule has 120 valence electrons. The molecule has 0 bridgehead atoms. The van der Waals surface area contributed by atoms with Gasteiger partial charge in [0.25, 0.3) is 0 Å². The van der Waals surface area contributed by atoms with E-state index in [9.17, 15) is 8.42 Å². The lowest BCUT2D eigenvalue weighted by atomic mass is 10.2. The molecule has 0 fully saturated rings. The van der Waals surface area contributed by atoms with Crippen molar-refractivity contribution < 1.29 is 13.2 Å². The van der Waals surface area contributed by atoms with Crippen molar-refractivity contribution in [3.05, 3.63) is 29.8 Å². The molecule has 0 atom stereocenters. The highest BCUT2D eigenvalue weighted by Gasteiger charge is 2.16. The van der Waals surface area contributed by atoms with Gasteiger partial charge in [-0.25, -0.2) is 8.42 Å². The van der Waals surface area contributed by atoms with E-state index in [1.165, 1.54) is 0 Å². The van der Waals surface area contributed by atoms with Gasteiger partial charge in [0, 0.05) is 12.1 Å². The van der Waals surface area contributed by atoms with Gasteiger partial charge in [0.2, 0.25) is 0 Å². The maximum atomic E-state index is 11.8. The van der Waals surface area contributed by atoms with E-state index in [2.05, 4.69) is 19.2 Å². The van der Waals surface area contributed by atoms with Gasteiger partial charge >= 0.3 is 0 Å². The predicted octanol–water partition coefficient (Wildman–Crippen LogP) is 2.63. The van der Waals surface area contributed by atoms with Crippen LogP contribution in [0.5, 0.6) is 5.75 Å². The van der Waals surface area contributed by atoms with E-state index in [4.69, 9.17) is 4.74 Å². The van der Waals surface area contributed by atoms with Crippen LogP contribution in [-0.4, -0.2) is 32.6 Å². The van der Waals surface area contributed by atoms with Gasteiger partial charge in [0.1, 0.15) is 12.4 Å². The Bertz CT molecular complexity index is 524. The summed E-state index contributed by atoms with van der Waals surface area (Å²) < 4.78 is 29.2. The molecule has 0 aliphatic rings. The Balaban J connectivity index is 2.55. The van der Waals surface area contributed by atoms with E-state index < -0.39 is 9.84 Å². The van der Waals surface area contributed by atoms with Crippen LogP contribution in [0.4, 0.5) is 0 Å². The highest BCUT2D eigenvalue weighted by atomic mass is 32.2. The third kappa shape index (κ3) is 6.48. The summed E-state index contributed by atoms with van der Waals surface area (Å²) in [6, 6.07) is 7.75. The minimum atomic E-state index is -3.05. The molecule has 0 saturated carbocycles. The van der Waals surface area contributed by atoms with E-state index in [0.717, 1.165) is 24.4 Å². The zero-order valence-electron chi connectivity index (χ0n) is 13.4. The van der Waals surface area contributed by atoms with E-state index in [1.807, 2.05) is 24.3 Å². The maximum absolute atomic E-state index is 11.8. The Labute approximate surface area is 128 Å². The summed E-state index contributed by atoms with van der Waals surface area (Å²) in [4.78, 5) is 0. The van der Waals surface area contributed by atoms with Gasteiger partial charge in [0.15, 0.2) is 9.84 Å². The lowest BCUT2D eigenvalue weighted by molar-refractivity contribution is 0.335. The van der Waals surface area contributed by atoms with Crippen molar-refractivity contribution in [3.8, 4) is 5.75 Å².